The maximum Gasteiger partial charge on any atom is 0.257 e. The fourth-order valence-corrected chi connectivity index (χ4v) is 3.01. The fourth-order valence-electron chi connectivity index (χ4n) is 3.01. The van der Waals surface area contributed by atoms with E-state index in [4.69, 9.17) is 0 Å². The van der Waals surface area contributed by atoms with Gasteiger partial charge in [0.15, 0.2) is 17.5 Å². The summed E-state index contributed by atoms with van der Waals surface area (Å²) in [6.07, 6.45) is 0.427. The third-order valence-electron chi connectivity index (χ3n) is 4.47. The number of amides is 2. The van der Waals surface area contributed by atoms with Crippen molar-refractivity contribution in [3.63, 3.8) is 0 Å². The number of carbonyl (C=O) groups is 2. The van der Waals surface area contributed by atoms with E-state index in [9.17, 15) is 27.9 Å². The molecule has 1 saturated heterocycles. The van der Waals surface area contributed by atoms with Crippen LogP contribution in [0.1, 0.15) is 27.1 Å². The van der Waals surface area contributed by atoms with Crippen LogP contribution in [0.2, 0.25) is 0 Å². The van der Waals surface area contributed by atoms with E-state index in [0.717, 1.165) is 6.07 Å². The molecule has 1 heterocycles. The molecule has 2 aromatic carbocycles. The molecule has 5 nitrogen and oxygen atoms in total. The minimum absolute atomic E-state index is 0.108. The van der Waals surface area contributed by atoms with Crippen LogP contribution in [0.4, 0.5) is 13.2 Å². The molecule has 0 radical (unpaired) electrons. The molecular formula is C19H17F3N2O3. The van der Waals surface area contributed by atoms with Gasteiger partial charge in [0.1, 0.15) is 5.75 Å². The highest BCUT2D eigenvalue weighted by Gasteiger charge is 2.27. The number of benzene rings is 2. The maximum absolute atomic E-state index is 13.9. The van der Waals surface area contributed by atoms with Crippen LogP contribution in [0, 0.1) is 17.5 Å². The Morgan fingerprint density at radius 2 is 1.37 bits per heavy atom. The maximum atomic E-state index is 13.9. The molecule has 0 atom stereocenters. The van der Waals surface area contributed by atoms with Gasteiger partial charge >= 0.3 is 0 Å². The topological polar surface area (TPSA) is 60.9 Å². The molecule has 2 amide bonds. The highest BCUT2D eigenvalue weighted by Crippen LogP contribution is 2.20. The van der Waals surface area contributed by atoms with E-state index < -0.39 is 28.9 Å². The number of hydrogen-bond donors (Lipinski definition) is 1. The largest absolute Gasteiger partial charge is 0.507 e. The van der Waals surface area contributed by atoms with Crippen molar-refractivity contribution < 1.29 is 27.9 Å². The first kappa shape index (κ1) is 18.8. The Morgan fingerprint density at radius 1 is 0.778 bits per heavy atom. The quantitative estimate of drug-likeness (QED) is 0.818. The van der Waals surface area contributed by atoms with Crippen LogP contribution in [0.3, 0.4) is 0 Å². The summed E-state index contributed by atoms with van der Waals surface area (Å²) in [6, 6.07) is 7.76. The van der Waals surface area contributed by atoms with Crippen LogP contribution in [0.25, 0.3) is 0 Å². The summed E-state index contributed by atoms with van der Waals surface area (Å²) >= 11 is 0. The van der Waals surface area contributed by atoms with Gasteiger partial charge in [-0.05, 0) is 30.7 Å². The van der Waals surface area contributed by atoms with Crippen molar-refractivity contribution in [2.24, 2.45) is 0 Å². The monoisotopic (exact) mass is 378 g/mol. The molecule has 0 aromatic heterocycles. The van der Waals surface area contributed by atoms with E-state index in [0.29, 0.717) is 19.0 Å². The molecule has 1 aliphatic rings. The number of phenols is 1. The molecule has 0 spiro atoms. The molecular weight excluding hydrogens is 361 g/mol. The van der Waals surface area contributed by atoms with Crippen molar-refractivity contribution in [2.45, 2.75) is 6.42 Å². The molecule has 0 saturated carbocycles. The van der Waals surface area contributed by atoms with Crippen molar-refractivity contribution in [3.05, 3.63) is 65.0 Å². The Labute approximate surface area is 153 Å². The fraction of sp³-hybridized carbons (Fsp3) is 0.263. The van der Waals surface area contributed by atoms with E-state index >= 15 is 0 Å². The average Bonchev–Trinajstić information content (AvgIpc) is 2.92. The van der Waals surface area contributed by atoms with Crippen molar-refractivity contribution in [3.8, 4) is 5.75 Å². The summed E-state index contributed by atoms with van der Waals surface area (Å²) in [7, 11) is 0. The van der Waals surface area contributed by atoms with E-state index in [1.807, 2.05) is 0 Å². The third kappa shape index (κ3) is 3.74. The van der Waals surface area contributed by atoms with Crippen LogP contribution in [0.5, 0.6) is 5.75 Å². The van der Waals surface area contributed by atoms with Crippen LogP contribution in [-0.4, -0.2) is 52.9 Å². The van der Waals surface area contributed by atoms with Crippen molar-refractivity contribution in [1.29, 1.82) is 0 Å². The second kappa shape index (κ2) is 7.69. The van der Waals surface area contributed by atoms with Crippen LogP contribution >= 0.6 is 0 Å². The Balaban J connectivity index is 1.73. The zero-order chi connectivity index (χ0) is 19.6. The molecule has 8 heteroatoms. The van der Waals surface area contributed by atoms with Gasteiger partial charge in [0.05, 0.1) is 11.1 Å². The summed E-state index contributed by atoms with van der Waals surface area (Å²) in [4.78, 5) is 27.8. The lowest BCUT2D eigenvalue weighted by atomic mass is 10.1. The normalized spacial score (nSPS) is 14.8. The number of rotatable bonds is 2. The first-order valence-electron chi connectivity index (χ1n) is 8.40. The first-order valence-corrected chi connectivity index (χ1v) is 8.40. The summed E-state index contributed by atoms with van der Waals surface area (Å²) in [5.41, 5.74) is -0.390. The molecule has 0 aliphatic carbocycles. The summed E-state index contributed by atoms with van der Waals surface area (Å²) in [6.45, 7) is 0.861. The Morgan fingerprint density at radius 3 is 2.00 bits per heavy atom. The van der Waals surface area contributed by atoms with Gasteiger partial charge in [0, 0.05) is 26.2 Å². The van der Waals surface area contributed by atoms with Crippen LogP contribution < -0.4 is 0 Å². The lowest BCUT2D eigenvalue weighted by Gasteiger charge is -2.22. The standard InChI is InChI=1S/C19H17F3N2O3/c20-14-7-6-13(16(21)17(14)22)19(27)24-9-3-8-23(10-11-24)18(26)12-4-1-2-5-15(12)25/h1-2,4-7,25H,3,8-11H2. The van der Waals surface area contributed by atoms with Gasteiger partial charge in [-0.1, -0.05) is 12.1 Å². The average molecular weight is 378 g/mol. The van der Waals surface area contributed by atoms with E-state index in [-0.39, 0.29) is 36.9 Å². The van der Waals surface area contributed by atoms with Gasteiger partial charge in [-0.15, -0.1) is 0 Å². The first-order chi connectivity index (χ1) is 12.9. The van der Waals surface area contributed by atoms with Gasteiger partial charge in [0.2, 0.25) is 0 Å². The number of phenolic OH excluding ortho intramolecular Hbond substituents is 1. The number of para-hydroxylation sites is 1. The number of halogens is 3. The SMILES string of the molecule is O=C(c1ccccc1O)N1CCCN(C(=O)c2ccc(F)c(F)c2F)CC1. The Hall–Kier alpha value is -3.03. The molecule has 2 aromatic rings. The minimum Gasteiger partial charge on any atom is -0.507 e. The molecule has 1 aliphatic heterocycles. The highest BCUT2D eigenvalue weighted by molar-refractivity contribution is 5.97. The summed E-state index contributed by atoms with van der Waals surface area (Å²) in [5.74, 6) is -5.84. The van der Waals surface area contributed by atoms with E-state index in [1.54, 1.807) is 12.1 Å². The van der Waals surface area contributed by atoms with Gasteiger partial charge < -0.3 is 14.9 Å². The number of hydrogen-bond acceptors (Lipinski definition) is 3. The van der Waals surface area contributed by atoms with Gasteiger partial charge in [-0.25, -0.2) is 13.2 Å². The third-order valence-corrected chi connectivity index (χ3v) is 4.47. The second-order valence-corrected chi connectivity index (χ2v) is 6.18. The van der Waals surface area contributed by atoms with Crippen molar-refractivity contribution in [1.82, 2.24) is 9.80 Å². The van der Waals surface area contributed by atoms with Crippen LogP contribution in [-0.2, 0) is 0 Å². The zero-order valence-electron chi connectivity index (χ0n) is 14.3. The van der Waals surface area contributed by atoms with E-state index in [2.05, 4.69) is 0 Å². The number of aromatic hydroxyl groups is 1. The molecule has 142 valence electrons. The minimum atomic E-state index is -1.69. The predicted molar refractivity (Wildman–Crippen MR) is 90.8 cm³/mol. The summed E-state index contributed by atoms with van der Waals surface area (Å²) in [5, 5.41) is 9.83. The predicted octanol–water partition coefficient (Wildman–Crippen LogP) is 2.80. The Kier molecular flexibility index (Phi) is 5.34. The second-order valence-electron chi connectivity index (χ2n) is 6.18. The smallest absolute Gasteiger partial charge is 0.257 e. The Bertz CT molecular complexity index is 888. The van der Waals surface area contributed by atoms with Gasteiger partial charge in [0.25, 0.3) is 11.8 Å². The number of carbonyl (C=O) groups excluding carboxylic acids is 2. The molecule has 3 rings (SSSR count). The zero-order valence-corrected chi connectivity index (χ0v) is 14.3. The molecule has 27 heavy (non-hydrogen) atoms. The van der Waals surface area contributed by atoms with Gasteiger partial charge in [-0.3, -0.25) is 9.59 Å². The van der Waals surface area contributed by atoms with E-state index in [1.165, 1.54) is 21.9 Å². The van der Waals surface area contributed by atoms with Gasteiger partial charge in [-0.2, -0.15) is 0 Å². The highest BCUT2D eigenvalue weighted by atomic mass is 19.2. The molecule has 1 N–H and O–H groups in total. The summed E-state index contributed by atoms with van der Waals surface area (Å²) < 4.78 is 40.3. The van der Waals surface area contributed by atoms with Crippen LogP contribution in [0.15, 0.2) is 36.4 Å². The van der Waals surface area contributed by atoms with Crippen molar-refractivity contribution >= 4 is 11.8 Å². The lowest BCUT2D eigenvalue weighted by Crippen LogP contribution is -2.37. The lowest BCUT2D eigenvalue weighted by molar-refractivity contribution is 0.0713. The molecule has 1 fully saturated rings. The molecule has 0 bridgehead atoms. The number of nitrogens with zero attached hydrogens (tertiary/aromatic N) is 2. The molecule has 0 unspecified atom stereocenters. The van der Waals surface area contributed by atoms with Crippen molar-refractivity contribution in [2.75, 3.05) is 26.2 Å².